The summed E-state index contributed by atoms with van der Waals surface area (Å²) in [7, 11) is 0. The van der Waals surface area contributed by atoms with E-state index in [2.05, 4.69) is 18.1 Å². The quantitative estimate of drug-likeness (QED) is 0.439. The SMILES string of the molecule is CC(C)(C)OC(=O)N1CCCC(ONC(=O)[C@@H]2CCC3CN2C(=O)N3OCc2ccccc2)C1.CS. The molecule has 4 amide bonds. The third-order valence-electron chi connectivity index (χ3n) is 6.19. The number of piperidine rings is 2. The van der Waals surface area contributed by atoms with Gasteiger partial charge < -0.3 is 14.5 Å². The number of ether oxygens (including phenoxy) is 1. The summed E-state index contributed by atoms with van der Waals surface area (Å²) < 4.78 is 5.43. The van der Waals surface area contributed by atoms with Gasteiger partial charge in [0.2, 0.25) is 0 Å². The van der Waals surface area contributed by atoms with Gasteiger partial charge in [-0.3, -0.25) is 14.5 Å². The average molecular weight is 523 g/mol. The van der Waals surface area contributed by atoms with Crippen LogP contribution < -0.4 is 5.48 Å². The normalized spacial score (nSPS) is 23.6. The molecule has 3 fully saturated rings. The standard InChI is InChI=1S/C24H34N4O6.CH4S/c1-24(2,3)33-23(31)26-13-7-10-19(15-26)34-25-21(29)20-12-11-18-14-27(20)22(30)28(18)32-16-17-8-5-4-6-9-17;1-2/h4-6,8-9,18-20H,7,10-16H2,1-3H3,(H,25,29);2H,1H3/t18?,19?,20-;/m0./s1. The van der Waals surface area contributed by atoms with E-state index >= 15 is 0 Å². The van der Waals surface area contributed by atoms with Gasteiger partial charge in [-0.05, 0) is 58.3 Å². The zero-order valence-electron chi connectivity index (χ0n) is 21.5. The van der Waals surface area contributed by atoms with Crippen LogP contribution in [0.1, 0.15) is 52.0 Å². The maximum absolute atomic E-state index is 12.9. The Morgan fingerprint density at radius 1 is 1.08 bits per heavy atom. The fourth-order valence-electron chi connectivity index (χ4n) is 4.52. The number of nitrogens with zero attached hydrogens (tertiary/aromatic N) is 3. The summed E-state index contributed by atoms with van der Waals surface area (Å²) in [5, 5.41) is 1.40. The van der Waals surface area contributed by atoms with E-state index in [4.69, 9.17) is 14.4 Å². The minimum atomic E-state index is -0.611. The molecule has 36 heavy (non-hydrogen) atoms. The number of amides is 4. The van der Waals surface area contributed by atoms with Gasteiger partial charge in [0.05, 0.1) is 12.6 Å². The Bertz CT molecular complexity index is 896. The number of hydrogen-bond acceptors (Lipinski definition) is 7. The molecule has 0 radical (unpaired) electrons. The van der Waals surface area contributed by atoms with Gasteiger partial charge in [-0.2, -0.15) is 17.7 Å². The molecule has 3 aliphatic heterocycles. The number of carbonyl (C=O) groups excluding carboxylic acids is 3. The van der Waals surface area contributed by atoms with Crippen LogP contribution in [-0.4, -0.2) is 82.6 Å². The molecule has 4 rings (SSSR count). The Morgan fingerprint density at radius 3 is 2.50 bits per heavy atom. The molecule has 2 unspecified atom stereocenters. The molecule has 1 aromatic carbocycles. The lowest BCUT2D eigenvalue weighted by atomic mass is 10.0. The van der Waals surface area contributed by atoms with E-state index in [0.717, 1.165) is 18.4 Å². The summed E-state index contributed by atoms with van der Waals surface area (Å²) in [6.45, 7) is 7.15. The van der Waals surface area contributed by atoms with Crippen molar-refractivity contribution in [1.29, 1.82) is 0 Å². The minimum absolute atomic E-state index is 0.0677. The predicted molar refractivity (Wildman–Crippen MR) is 137 cm³/mol. The molecular weight excluding hydrogens is 484 g/mol. The van der Waals surface area contributed by atoms with Crippen LogP contribution in [-0.2, 0) is 25.8 Å². The number of thiol groups is 1. The van der Waals surface area contributed by atoms with Crippen LogP contribution in [0.5, 0.6) is 0 Å². The first-order valence-corrected chi connectivity index (χ1v) is 13.3. The van der Waals surface area contributed by atoms with Crippen molar-refractivity contribution in [1.82, 2.24) is 20.3 Å². The van der Waals surface area contributed by atoms with Gasteiger partial charge in [-0.15, -0.1) is 0 Å². The maximum Gasteiger partial charge on any atom is 0.410 e. The molecule has 10 nitrogen and oxygen atoms in total. The van der Waals surface area contributed by atoms with Gasteiger partial charge in [0, 0.05) is 13.1 Å². The van der Waals surface area contributed by atoms with Crippen LogP contribution >= 0.6 is 12.6 Å². The van der Waals surface area contributed by atoms with Crippen molar-refractivity contribution < 1.29 is 28.8 Å². The van der Waals surface area contributed by atoms with Gasteiger partial charge in [0.25, 0.3) is 5.91 Å². The van der Waals surface area contributed by atoms with Crippen molar-refractivity contribution in [3.63, 3.8) is 0 Å². The second kappa shape index (κ2) is 12.6. The first-order valence-electron chi connectivity index (χ1n) is 12.4. The van der Waals surface area contributed by atoms with Gasteiger partial charge in [-0.1, -0.05) is 30.3 Å². The van der Waals surface area contributed by atoms with Crippen molar-refractivity contribution in [2.75, 3.05) is 25.9 Å². The van der Waals surface area contributed by atoms with Gasteiger partial charge >= 0.3 is 12.1 Å². The van der Waals surface area contributed by atoms with E-state index < -0.39 is 11.6 Å². The first kappa shape index (κ1) is 28.1. The smallest absolute Gasteiger partial charge is 0.410 e. The fourth-order valence-corrected chi connectivity index (χ4v) is 4.52. The summed E-state index contributed by atoms with van der Waals surface area (Å²) in [5.41, 5.74) is 2.94. The number of urea groups is 1. The monoisotopic (exact) mass is 522 g/mol. The third kappa shape index (κ3) is 7.27. The number of rotatable bonds is 6. The second-order valence-corrected chi connectivity index (χ2v) is 10.0. The molecule has 0 saturated carbocycles. The largest absolute Gasteiger partial charge is 0.444 e. The van der Waals surface area contributed by atoms with Crippen molar-refractivity contribution in [3.8, 4) is 0 Å². The molecular formula is C25H38N4O6S. The highest BCUT2D eigenvalue weighted by Crippen LogP contribution is 2.30. The van der Waals surface area contributed by atoms with Crippen LogP contribution in [0.3, 0.4) is 0 Å². The minimum Gasteiger partial charge on any atom is -0.444 e. The van der Waals surface area contributed by atoms with E-state index in [9.17, 15) is 14.4 Å². The Balaban J connectivity index is 0.00000176. The second-order valence-electron chi connectivity index (χ2n) is 10.0. The molecule has 3 atom stereocenters. The number of carbonyl (C=O) groups is 3. The van der Waals surface area contributed by atoms with E-state index in [1.54, 1.807) is 16.1 Å². The zero-order valence-corrected chi connectivity index (χ0v) is 22.4. The Hall–Kier alpha value is -2.50. The van der Waals surface area contributed by atoms with Crippen LogP contribution in [0.4, 0.5) is 9.59 Å². The molecule has 200 valence electrons. The van der Waals surface area contributed by atoms with Gasteiger partial charge in [0.1, 0.15) is 24.4 Å². The lowest BCUT2D eigenvalue weighted by Gasteiger charge is -2.34. The number of hydroxylamine groups is 3. The van der Waals surface area contributed by atoms with Crippen LogP contribution in [0.25, 0.3) is 0 Å². The van der Waals surface area contributed by atoms with Crippen LogP contribution in [0.2, 0.25) is 0 Å². The highest BCUT2D eigenvalue weighted by Gasteiger charge is 2.48. The van der Waals surface area contributed by atoms with Gasteiger partial charge in [-0.25, -0.2) is 15.1 Å². The van der Waals surface area contributed by atoms with Crippen LogP contribution in [0, 0.1) is 0 Å². The molecule has 11 heteroatoms. The molecule has 0 aliphatic carbocycles. The van der Waals surface area contributed by atoms with Gasteiger partial charge in [0.15, 0.2) is 0 Å². The van der Waals surface area contributed by atoms with Crippen LogP contribution in [0.15, 0.2) is 30.3 Å². The summed E-state index contributed by atoms with van der Waals surface area (Å²) in [6, 6.07) is 8.67. The number of fused-ring (bicyclic) bond motifs is 2. The summed E-state index contributed by atoms with van der Waals surface area (Å²) in [4.78, 5) is 52.7. The molecule has 3 saturated heterocycles. The lowest BCUT2D eigenvalue weighted by molar-refractivity contribution is -0.146. The Kier molecular flexibility index (Phi) is 9.86. The summed E-state index contributed by atoms with van der Waals surface area (Å²) in [5.74, 6) is -0.355. The maximum atomic E-state index is 12.9. The average Bonchev–Trinajstić information content (AvgIpc) is 3.11. The van der Waals surface area contributed by atoms with Crippen molar-refractivity contribution in [2.45, 2.75) is 76.9 Å². The summed E-state index contributed by atoms with van der Waals surface area (Å²) >= 11 is 3.53. The molecule has 2 bridgehead atoms. The molecule has 0 aromatic heterocycles. The van der Waals surface area contributed by atoms with E-state index in [-0.39, 0.29) is 30.2 Å². The number of likely N-dealkylation sites (tertiary alicyclic amines) is 1. The predicted octanol–water partition coefficient (Wildman–Crippen LogP) is 3.38. The van der Waals surface area contributed by atoms with E-state index in [1.807, 2.05) is 51.1 Å². The van der Waals surface area contributed by atoms with Crippen molar-refractivity contribution >= 4 is 30.7 Å². The first-order chi connectivity index (χ1) is 17.2. The molecule has 0 spiro atoms. The highest BCUT2D eigenvalue weighted by molar-refractivity contribution is 7.79. The number of hydrogen-bond donors (Lipinski definition) is 2. The molecule has 3 heterocycles. The fraction of sp³-hybridized carbons (Fsp3) is 0.640. The molecule has 1 aromatic rings. The topological polar surface area (TPSA) is 101 Å². The zero-order chi connectivity index (χ0) is 26.3. The Morgan fingerprint density at radius 2 is 1.81 bits per heavy atom. The molecule has 3 aliphatic rings. The van der Waals surface area contributed by atoms with E-state index in [0.29, 0.717) is 39.1 Å². The lowest BCUT2D eigenvalue weighted by Crippen LogP contribution is -2.52. The van der Waals surface area contributed by atoms with Crippen molar-refractivity contribution in [2.24, 2.45) is 0 Å². The highest BCUT2D eigenvalue weighted by atomic mass is 32.1. The number of nitrogens with one attached hydrogen (secondary N) is 1. The summed E-state index contributed by atoms with van der Waals surface area (Å²) in [6.07, 6.45) is 3.65. The van der Waals surface area contributed by atoms with Crippen molar-refractivity contribution in [3.05, 3.63) is 35.9 Å². The Labute approximate surface area is 218 Å². The van der Waals surface area contributed by atoms with E-state index in [1.165, 1.54) is 5.06 Å². The number of benzene rings is 1. The molecule has 1 N–H and O–H groups in total. The third-order valence-corrected chi connectivity index (χ3v) is 6.19.